The van der Waals surface area contributed by atoms with E-state index in [1.165, 1.54) is 13.4 Å². The molecule has 21 heavy (non-hydrogen) atoms. The number of hydrogen-bond donors (Lipinski definition) is 0. The third-order valence-electron chi connectivity index (χ3n) is 2.40. The van der Waals surface area contributed by atoms with Gasteiger partial charge < -0.3 is 14.0 Å². The monoisotopic (exact) mass is 342 g/mol. The van der Waals surface area contributed by atoms with Crippen LogP contribution in [0.25, 0.3) is 0 Å². The number of rotatable bonds is 12. The van der Waals surface area contributed by atoms with Crippen molar-refractivity contribution < 1.29 is 32.0 Å². The van der Waals surface area contributed by atoms with Crippen LogP contribution in [-0.4, -0.2) is 45.9 Å². The van der Waals surface area contributed by atoms with Gasteiger partial charge in [0.05, 0.1) is 13.4 Å². The van der Waals surface area contributed by atoms with E-state index in [1.807, 2.05) is 0 Å². The zero-order valence-corrected chi connectivity index (χ0v) is 14.0. The first-order valence-corrected chi connectivity index (χ1v) is 9.47. The van der Waals surface area contributed by atoms with Crippen molar-refractivity contribution in [3.63, 3.8) is 0 Å². The van der Waals surface area contributed by atoms with E-state index in [-0.39, 0.29) is 30.7 Å². The fourth-order valence-corrected chi connectivity index (χ4v) is 1.97. The molecule has 0 spiro atoms. The summed E-state index contributed by atoms with van der Waals surface area (Å²) in [5.41, 5.74) is 0. The van der Waals surface area contributed by atoms with Crippen LogP contribution in [0.2, 0.25) is 0 Å². The molecule has 0 aliphatic carbocycles. The van der Waals surface area contributed by atoms with Gasteiger partial charge in [-0.2, -0.15) is 0 Å². The van der Waals surface area contributed by atoms with Crippen molar-refractivity contribution in [1.29, 1.82) is 0 Å². The van der Waals surface area contributed by atoms with Crippen molar-refractivity contribution in [3.05, 3.63) is 0 Å². The van der Waals surface area contributed by atoms with Gasteiger partial charge in [-0.15, -0.1) is 0 Å². The SMILES string of the molecule is COS(=O)COC(=O)CCCCCCC(=O)OC[S+](C)[O-]. The first kappa shape index (κ1) is 20.4. The quantitative estimate of drug-likeness (QED) is 0.296. The highest BCUT2D eigenvalue weighted by molar-refractivity contribution is 7.90. The predicted octanol–water partition coefficient (Wildman–Crippen LogP) is 1.02. The van der Waals surface area contributed by atoms with Crippen molar-refractivity contribution in [2.24, 2.45) is 0 Å². The molecule has 2 unspecified atom stereocenters. The minimum absolute atomic E-state index is 0.0620. The molecular weight excluding hydrogens is 320 g/mol. The third kappa shape index (κ3) is 14.1. The van der Waals surface area contributed by atoms with Crippen molar-refractivity contribution in [2.45, 2.75) is 38.5 Å². The lowest BCUT2D eigenvalue weighted by atomic mass is 10.1. The van der Waals surface area contributed by atoms with E-state index in [9.17, 15) is 18.4 Å². The summed E-state index contributed by atoms with van der Waals surface area (Å²) in [6.45, 7) is 0. The lowest BCUT2D eigenvalue weighted by molar-refractivity contribution is -0.142. The van der Waals surface area contributed by atoms with Crippen molar-refractivity contribution in [3.8, 4) is 0 Å². The van der Waals surface area contributed by atoms with E-state index in [0.717, 1.165) is 12.8 Å². The van der Waals surface area contributed by atoms with E-state index in [2.05, 4.69) is 4.18 Å². The molecule has 0 aromatic carbocycles. The van der Waals surface area contributed by atoms with Crippen LogP contribution in [0.3, 0.4) is 0 Å². The predicted molar refractivity (Wildman–Crippen MR) is 78.8 cm³/mol. The molecule has 0 aromatic heterocycles. The van der Waals surface area contributed by atoms with E-state index >= 15 is 0 Å². The molecule has 9 heteroatoms. The normalized spacial score (nSPS) is 13.5. The molecule has 0 amide bonds. The van der Waals surface area contributed by atoms with Crippen molar-refractivity contribution >= 4 is 34.2 Å². The fraction of sp³-hybridized carbons (Fsp3) is 0.833. The molecule has 7 nitrogen and oxygen atoms in total. The topological polar surface area (TPSA) is 102 Å². The molecule has 0 aliphatic rings. The van der Waals surface area contributed by atoms with Crippen LogP contribution in [0, 0.1) is 0 Å². The highest BCUT2D eigenvalue weighted by Gasteiger charge is 2.07. The van der Waals surface area contributed by atoms with E-state index < -0.39 is 28.2 Å². The van der Waals surface area contributed by atoms with Gasteiger partial charge in [0.25, 0.3) is 0 Å². The summed E-state index contributed by atoms with van der Waals surface area (Å²) in [5, 5.41) is 0. The summed E-state index contributed by atoms with van der Waals surface area (Å²) in [7, 11) is 1.27. The van der Waals surface area contributed by atoms with Gasteiger partial charge in [-0.05, 0) is 24.0 Å². The number of hydrogen-bond acceptors (Lipinski definition) is 7. The summed E-state index contributed by atoms with van der Waals surface area (Å²) >= 11 is -2.72. The van der Waals surface area contributed by atoms with Gasteiger partial charge in [-0.1, -0.05) is 12.8 Å². The minimum Gasteiger partial charge on any atom is -0.614 e. The Morgan fingerprint density at radius 1 is 1.05 bits per heavy atom. The largest absolute Gasteiger partial charge is 0.614 e. The van der Waals surface area contributed by atoms with Gasteiger partial charge in [0.1, 0.15) is 0 Å². The Morgan fingerprint density at radius 3 is 2.05 bits per heavy atom. The van der Waals surface area contributed by atoms with Crippen LogP contribution in [0.1, 0.15) is 38.5 Å². The second-order valence-corrected chi connectivity index (χ2v) is 6.78. The minimum atomic E-state index is -1.58. The van der Waals surface area contributed by atoms with Gasteiger partial charge in [-0.3, -0.25) is 13.8 Å². The molecule has 0 radical (unpaired) electrons. The molecule has 0 saturated carbocycles. The summed E-state index contributed by atoms with van der Waals surface area (Å²) in [5.74, 6) is -1.08. The average Bonchev–Trinajstić information content (AvgIpc) is 2.45. The fourth-order valence-electron chi connectivity index (χ4n) is 1.35. The molecule has 2 atom stereocenters. The third-order valence-corrected chi connectivity index (χ3v) is 3.53. The zero-order valence-electron chi connectivity index (χ0n) is 12.3. The number of ether oxygens (including phenoxy) is 2. The summed E-state index contributed by atoms with van der Waals surface area (Å²) < 4.78 is 35.5. The Hall–Kier alpha value is -0.640. The van der Waals surface area contributed by atoms with E-state index in [0.29, 0.717) is 12.8 Å². The van der Waals surface area contributed by atoms with Crippen molar-refractivity contribution in [1.82, 2.24) is 0 Å². The maximum atomic E-state index is 11.2. The zero-order chi connectivity index (χ0) is 16.1. The molecule has 0 saturated heterocycles. The Kier molecular flexibility index (Phi) is 12.7. The Labute approximate surface area is 130 Å². The molecule has 124 valence electrons. The summed E-state index contributed by atoms with van der Waals surface area (Å²) in [4.78, 5) is 22.4. The smallest absolute Gasteiger partial charge is 0.309 e. The second kappa shape index (κ2) is 13.1. The number of carbonyl (C=O) groups excluding carboxylic acids is 2. The molecule has 0 N–H and O–H groups in total. The number of unbranched alkanes of at least 4 members (excludes halogenated alkanes) is 3. The van der Waals surface area contributed by atoms with E-state index in [4.69, 9.17) is 9.47 Å². The van der Waals surface area contributed by atoms with Gasteiger partial charge in [0.2, 0.25) is 5.94 Å². The first-order valence-electron chi connectivity index (χ1n) is 6.49. The molecule has 0 aromatic rings. The van der Waals surface area contributed by atoms with Crippen molar-refractivity contribution in [2.75, 3.05) is 25.2 Å². The van der Waals surface area contributed by atoms with E-state index in [1.54, 1.807) is 0 Å². The standard InChI is InChI=1S/C12H22O7S2/c1-17-21(16)10-19-12(14)8-6-4-3-5-7-11(13)18-9-20(2)15/h3-10H2,1-2H3. The Morgan fingerprint density at radius 2 is 1.57 bits per heavy atom. The number of esters is 2. The molecule has 0 bridgehead atoms. The maximum absolute atomic E-state index is 11.2. The highest BCUT2D eigenvalue weighted by Crippen LogP contribution is 2.07. The highest BCUT2D eigenvalue weighted by atomic mass is 32.2. The average molecular weight is 342 g/mol. The Balaban J connectivity index is 3.41. The van der Waals surface area contributed by atoms with Gasteiger partial charge in [0, 0.05) is 12.8 Å². The van der Waals surface area contributed by atoms with Crippen LogP contribution < -0.4 is 0 Å². The Bertz CT molecular complexity index is 334. The number of carbonyl (C=O) groups is 2. The molecular formula is C12H22O7S2. The summed E-state index contributed by atoms with van der Waals surface area (Å²) in [6.07, 6.45) is 4.89. The van der Waals surface area contributed by atoms with Crippen LogP contribution in [0.15, 0.2) is 0 Å². The second-order valence-electron chi connectivity index (χ2n) is 4.23. The van der Waals surface area contributed by atoms with Crippen LogP contribution in [0.5, 0.6) is 0 Å². The maximum Gasteiger partial charge on any atom is 0.309 e. The molecule has 0 fully saturated rings. The molecule has 0 heterocycles. The molecule has 0 aliphatic heterocycles. The van der Waals surface area contributed by atoms with Gasteiger partial charge in [-0.25, -0.2) is 4.21 Å². The van der Waals surface area contributed by atoms with Crippen LogP contribution in [0.4, 0.5) is 0 Å². The van der Waals surface area contributed by atoms with Crippen LogP contribution >= 0.6 is 0 Å². The lowest BCUT2D eigenvalue weighted by Crippen LogP contribution is -2.12. The van der Waals surface area contributed by atoms with Gasteiger partial charge in [0.15, 0.2) is 17.0 Å². The first-order chi connectivity index (χ1) is 9.95. The lowest BCUT2D eigenvalue weighted by Gasteiger charge is -2.06. The van der Waals surface area contributed by atoms with Crippen LogP contribution in [-0.2, 0) is 45.5 Å². The summed E-state index contributed by atoms with van der Waals surface area (Å²) in [6, 6.07) is 0. The van der Waals surface area contributed by atoms with Gasteiger partial charge >= 0.3 is 11.9 Å². The molecule has 0 rings (SSSR count).